The van der Waals surface area contributed by atoms with E-state index in [1.54, 1.807) is 0 Å². The SMILES string of the molecule is B[C@@H]1O[C@H](CO)[C@@H](O)[C@H]1OC1C=CC=CC1. The number of hydrogen-bond donors (Lipinski definition) is 2. The van der Waals surface area contributed by atoms with E-state index >= 15 is 0 Å². The Morgan fingerprint density at radius 1 is 1.44 bits per heavy atom. The summed E-state index contributed by atoms with van der Waals surface area (Å²) in [5, 5.41) is 18.9. The maximum atomic E-state index is 9.90. The molecule has 4 nitrogen and oxygen atoms in total. The highest BCUT2D eigenvalue weighted by atomic mass is 16.6. The molecule has 0 aromatic carbocycles. The molecule has 0 radical (unpaired) electrons. The highest BCUT2D eigenvalue weighted by Gasteiger charge is 2.42. The quantitative estimate of drug-likeness (QED) is 0.601. The molecule has 2 rings (SSSR count). The lowest BCUT2D eigenvalue weighted by molar-refractivity contribution is -0.0494. The first kappa shape index (κ1) is 11.9. The summed E-state index contributed by atoms with van der Waals surface area (Å²) in [5.41, 5.74) is 0. The first-order valence-electron chi connectivity index (χ1n) is 5.65. The Morgan fingerprint density at radius 3 is 2.81 bits per heavy atom. The summed E-state index contributed by atoms with van der Waals surface area (Å²) < 4.78 is 11.2. The van der Waals surface area contributed by atoms with Gasteiger partial charge in [-0.2, -0.15) is 0 Å². The van der Waals surface area contributed by atoms with E-state index in [9.17, 15) is 5.11 Å². The van der Waals surface area contributed by atoms with Gasteiger partial charge in [-0.05, 0) is 6.42 Å². The topological polar surface area (TPSA) is 58.9 Å². The number of ether oxygens (including phenoxy) is 2. The van der Waals surface area contributed by atoms with Crippen molar-refractivity contribution >= 4 is 7.85 Å². The van der Waals surface area contributed by atoms with Crippen molar-refractivity contribution < 1.29 is 19.7 Å². The smallest absolute Gasteiger partial charge is 0.142 e. The molecule has 0 amide bonds. The van der Waals surface area contributed by atoms with Gasteiger partial charge in [-0.3, -0.25) is 0 Å². The van der Waals surface area contributed by atoms with Crippen molar-refractivity contribution in [3.8, 4) is 0 Å². The van der Waals surface area contributed by atoms with Gasteiger partial charge in [0.1, 0.15) is 26.2 Å². The molecule has 88 valence electrons. The number of aliphatic hydroxyl groups is 2. The Hall–Kier alpha value is -0.615. The van der Waals surface area contributed by atoms with Gasteiger partial charge in [0.15, 0.2) is 0 Å². The van der Waals surface area contributed by atoms with Crippen molar-refractivity contribution in [2.45, 2.75) is 36.8 Å². The number of aliphatic hydroxyl groups excluding tert-OH is 2. The van der Waals surface area contributed by atoms with Crippen LogP contribution < -0.4 is 0 Å². The van der Waals surface area contributed by atoms with Gasteiger partial charge in [0, 0.05) is 0 Å². The van der Waals surface area contributed by atoms with Crippen LogP contribution in [-0.2, 0) is 9.47 Å². The normalized spacial score (nSPS) is 42.8. The fourth-order valence-corrected chi connectivity index (χ4v) is 2.13. The summed E-state index contributed by atoms with van der Waals surface area (Å²) >= 11 is 0. The molecule has 0 bridgehead atoms. The molecule has 0 saturated carbocycles. The lowest BCUT2D eigenvalue weighted by atomic mass is 9.92. The van der Waals surface area contributed by atoms with Gasteiger partial charge in [-0.1, -0.05) is 24.3 Å². The van der Waals surface area contributed by atoms with Crippen molar-refractivity contribution in [2.75, 3.05) is 6.61 Å². The van der Waals surface area contributed by atoms with E-state index in [1.807, 2.05) is 32.2 Å². The minimum atomic E-state index is -0.751. The Bertz CT molecular complexity index is 292. The predicted molar refractivity (Wildman–Crippen MR) is 61.9 cm³/mol. The highest BCUT2D eigenvalue weighted by Crippen LogP contribution is 2.24. The molecule has 1 heterocycles. The molecule has 16 heavy (non-hydrogen) atoms. The molecule has 0 aromatic rings. The van der Waals surface area contributed by atoms with Crippen LogP contribution in [0.25, 0.3) is 0 Å². The van der Waals surface area contributed by atoms with E-state index in [4.69, 9.17) is 14.6 Å². The van der Waals surface area contributed by atoms with Gasteiger partial charge >= 0.3 is 0 Å². The second kappa shape index (κ2) is 5.14. The average molecular weight is 224 g/mol. The zero-order valence-electron chi connectivity index (χ0n) is 9.32. The summed E-state index contributed by atoms with van der Waals surface area (Å²) in [4.78, 5) is 0. The third kappa shape index (κ3) is 2.38. The van der Waals surface area contributed by atoms with Gasteiger partial charge in [0.25, 0.3) is 0 Å². The first-order valence-corrected chi connectivity index (χ1v) is 5.65. The number of allylic oxidation sites excluding steroid dienone is 2. The van der Waals surface area contributed by atoms with E-state index in [0.717, 1.165) is 6.42 Å². The molecule has 1 unspecified atom stereocenters. The summed E-state index contributed by atoms with van der Waals surface area (Å²) in [6.07, 6.45) is 7.07. The van der Waals surface area contributed by atoms with Crippen LogP contribution in [0.15, 0.2) is 24.3 Å². The molecule has 0 spiro atoms. The van der Waals surface area contributed by atoms with E-state index < -0.39 is 12.2 Å². The van der Waals surface area contributed by atoms with Gasteiger partial charge in [0.2, 0.25) is 0 Å². The van der Waals surface area contributed by atoms with Crippen molar-refractivity contribution in [3.63, 3.8) is 0 Å². The number of rotatable bonds is 3. The lowest BCUT2D eigenvalue weighted by Gasteiger charge is -2.24. The Balaban J connectivity index is 1.93. The van der Waals surface area contributed by atoms with E-state index in [0.29, 0.717) is 0 Å². The van der Waals surface area contributed by atoms with Gasteiger partial charge < -0.3 is 19.7 Å². The van der Waals surface area contributed by atoms with Crippen molar-refractivity contribution in [1.29, 1.82) is 0 Å². The van der Waals surface area contributed by atoms with Gasteiger partial charge in [-0.25, -0.2) is 0 Å². The van der Waals surface area contributed by atoms with E-state index in [2.05, 4.69) is 0 Å². The Kier molecular flexibility index (Phi) is 3.81. The largest absolute Gasteiger partial charge is 0.394 e. The van der Waals surface area contributed by atoms with E-state index in [1.165, 1.54) is 0 Å². The van der Waals surface area contributed by atoms with E-state index in [-0.39, 0.29) is 24.8 Å². The minimum absolute atomic E-state index is 0.00635. The maximum absolute atomic E-state index is 9.90. The van der Waals surface area contributed by atoms with Crippen LogP contribution in [0.2, 0.25) is 0 Å². The maximum Gasteiger partial charge on any atom is 0.142 e. The Morgan fingerprint density at radius 2 is 2.25 bits per heavy atom. The number of hydrogen-bond acceptors (Lipinski definition) is 4. The minimum Gasteiger partial charge on any atom is -0.394 e. The fraction of sp³-hybridized carbons (Fsp3) is 0.636. The van der Waals surface area contributed by atoms with Crippen molar-refractivity contribution in [2.24, 2.45) is 0 Å². The molecule has 2 N–H and O–H groups in total. The van der Waals surface area contributed by atoms with Crippen LogP contribution in [0, 0.1) is 0 Å². The molecule has 5 atom stereocenters. The van der Waals surface area contributed by atoms with Gasteiger partial charge in [-0.15, -0.1) is 0 Å². The standard InChI is InChI=1S/C11H17BO4/c12-11-10(9(14)8(6-13)16-11)15-7-4-2-1-3-5-7/h1-4,7-11,13-14H,5-6,12H2/t7?,8-,9-,10-,11-/m1/s1. The summed E-state index contributed by atoms with van der Waals surface area (Å²) in [6, 6.07) is -0.188. The third-order valence-electron chi connectivity index (χ3n) is 3.02. The summed E-state index contributed by atoms with van der Waals surface area (Å²) in [7, 11) is 1.85. The second-order valence-corrected chi connectivity index (χ2v) is 4.24. The molecule has 2 aliphatic rings. The summed E-state index contributed by atoms with van der Waals surface area (Å²) in [5.74, 6) is 0. The predicted octanol–water partition coefficient (Wildman–Crippen LogP) is -1.03. The second-order valence-electron chi connectivity index (χ2n) is 4.24. The molecular weight excluding hydrogens is 207 g/mol. The van der Waals surface area contributed by atoms with Crippen LogP contribution in [-0.4, -0.2) is 55.1 Å². The first-order chi connectivity index (χ1) is 7.72. The van der Waals surface area contributed by atoms with Crippen LogP contribution in [0.3, 0.4) is 0 Å². The van der Waals surface area contributed by atoms with Crippen LogP contribution in [0.5, 0.6) is 0 Å². The molecule has 1 fully saturated rings. The monoisotopic (exact) mass is 224 g/mol. The average Bonchev–Trinajstić information content (AvgIpc) is 2.58. The third-order valence-corrected chi connectivity index (χ3v) is 3.02. The van der Waals surface area contributed by atoms with Gasteiger partial charge in [0.05, 0.1) is 18.7 Å². The highest BCUT2D eigenvalue weighted by molar-refractivity contribution is 6.11. The molecule has 5 heteroatoms. The Labute approximate surface area is 96.0 Å². The zero-order valence-corrected chi connectivity index (χ0v) is 9.32. The molecule has 1 saturated heterocycles. The lowest BCUT2D eigenvalue weighted by Crippen LogP contribution is -2.38. The molecular formula is C11H17BO4. The van der Waals surface area contributed by atoms with Crippen molar-refractivity contribution in [3.05, 3.63) is 24.3 Å². The molecule has 1 aliphatic heterocycles. The van der Waals surface area contributed by atoms with Crippen LogP contribution in [0.4, 0.5) is 0 Å². The molecule has 0 aromatic heterocycles. The van der Waals surface area contributed by atoms with Crippen molar-refractivity contribution in [1.82, 2.24) is 0 Å². The van der Waals surface area contributed by atoms with Crippen LogP contribution in [0.1, 0.15) is 6.42 Å². The summed E-state index contributed by atoms with van der Waals surface area (Å²) in [6.45, 7) is -0.175. The fourth-order valence-electron chi connectivity index (χ4n) is 2.13. The van der Waals surface area contributed by atoms with Crippen LogP contribution >= 0.6 is 0 Å². The zero-order chi connectivity index (χ0) is 11.5. The molecule has 1 aliphatic carbocycles.